The zero-order valence-corrected chi connectivity index (χ0v) is 15.2. The van der Waals surface area contributed by atoms with Gasteiger partial charge in [-0.1, -0.05) is 37.3 Å². The number of nitrogens with one attached hydrogen (secondary N) is 1. The van der Waals surface area contributed by atoms with Crippen molar-refractivity contribution in [1.29, 1.82) is 0 Å². The summed E-state index contributed by atoms with van der Waals surface area (Å²) in [6, 6.07) is 14.9. The van der Waals surface area contributed by atoms with Crippen LogP contribution in [0.3, 0.4) is 0 Å². The van der Waals surface area contributed by atoms with E-state index in [0.717, 1.165) is 25.1 Å². The van der Waals surface area contributed by atoms with E-state index in [2.05, 4.69) is 17.4 Å². The van der Waals surface area contributed by atoms with Crippen LogP contribution < -0.4 is 10.1 Å². The van der Waals surface area contributed by atoms with Crippen LogP contribution in [0.4, 0.5) is 4.39 Å². The molecule has 1 amide bonds. The van der Waals surface area contributed by atoms with Crippen LogP contribution in [0.2, 0.25) is 0 Å². The monoisotopic (exact) mass is 355 g/mol. The van der Waals surface area contributed by atoms with Crippen LogP contribution in [0.1, 0.15) is 43.2 Å². The van der Waals surface area contributed by atoms with Crippen molar-refractivity contribution < 1.29 is 13.9 Å². The molecule has 1 N–H and O–H groups in total. The van der Waals surface area contributed by atoms with Crippen molar-refractivity contribution in [3.63, 3.8) is 0 Å². The molecule has 1 aliphatic carbocycles. The molecule has 2 aromatic rings. The minimum atomic E-state index is -0.184. The summed E-state index contributed by atoms with van der Waals surface area (Å²) in [5.74, 6) is 1.79. The molecule has 4 heteroatoms. The van der Waals surface area contributed by atoms with Gasteiger partial charge in [0.25, 0.3) is 0 Å². The smallest absolute Gasteiger partial charge is 0.219 e. The lowest BCUT2D eigenvalue weighted by Crippen LogP contribution is -2.25. The van der Waals surface area contributed by atoms with Gasteiger partial charge >= 0.3 is 0 Å². The van der Waals surface area contributed by atoms with Crippen LogP contribution in [0.5, 0.6) is 5.75 Å². The van der Waals surface area contributed by atoms with Crippen molar-refractivity contribution in [2.75, 3.05) is 13.2 Å². The fourth-order valence-corrected chi connectivity index (χ4v) is 3.26. The molecule has 2 aromatic carbocycles. The van der Waals surface area contributed by atoms with Crippen LogP contribution in [-0.2, 0) is 11.2 Å². The first-order chi connectivity index (χ1) is 12.7. The highest BCUT2D eigenvalue weighted by molar-refractivity contribution is 5.75. The first-order valence-corrected chi connectivity index (χ1v) is 9.40. The molecule has 1 fully saturated rings. The van der Waals surface area contributed by atoms with Crippen molar-refractivity contribution >= 4 is 5.91 Å². The average Bonchev–Trinajstić information content (AvgIpc) is 3.42. The summed E-state index contributed by atoms with van der Waals surface area (Å²) < 4.78 is 19.4. The van der Waals surface area contributed by atoms with Gasteiger partial charge in [0.2, 0.25) is 5.91 Å². The molecule has 3 nitrogen and oxygen atoms in total. The highest BCUT2D eigenvalue weighted by Gasteiger charge is 2.38. The molecule has 0 spiro atoms. The average molecular weight is 355 g/mol. The fraction of sp³-hybridized carbons (Fsp3) is 0.409. The lowest BCUT2D eigenvalue weighted by Gasteiger charge is -2.09. The minimum absolute atomic E-state index is 0.142. The first-order valence-electron chi connectivity index (χ1n) is 9.40. The van der Waals surface area contributed by atoms with Gasteiger partial charge in [0.05, 0.1) is 6.61 Å². The molecule has 0 bridgehead atoms. The number of rotatable bonds is 9. The topological polar surface area (TPSA) is 38.3 Å². The summed E-state index contributed by atoms with van der Waals surface area (Å²) in [5.41, 5.74) is 1.93. The van der Waals surface area contributed by atoms with E-state index in [1.165, 1.54) is 11.6 Å². The number of hydrogen-bond donors (Lipinski definition) is 1. The second kappa shape index (κ2) is 8.84. The van der Waals surface area contributed by atoms with Gasteiger partial charge in [-0.05, 0) is 54.0 Å². The van der Waals surface area contributed by atoms with Crippen LogP contribution in [-0.4, -0.2) is 19.1 Å². The lowest BCUT2D eigenvalue weighted by atomic mass is 10.1. The van der Waals surface area contributed by atoms with Gasteiger partial charge in [-0.3, -0.25) is 4.79 Å². The van der Waals surface area contributed by atoms with E-state index in [9.17, 15) is 9.18 Å². The quantitative estimate of drug-likeness (QED) is 0.721. The summed E-state index contributed by atoms with van der Waals surface area (Å²) in [4.78, 5) is 11.6. The highest BCUT2D eigenvalue weighted by Crippen LogP contribution is 2.47. The second-order valence-electron chi connectivity index (χ2n) is 6.92. The molecule has 0 aliphatic heterocycles. The van der Waals surface area contributed by atoms with E-state index in [4.69, 9.17) is 4.74 Å². The Kier molecular flexibility index (Phi) is 6.26. The molecule has 1 saturated carbocycles. The number of benzene rings is 2. The predicted octanol–water partition coefficient (Wildman–Crippen LogP) is 4.47. The van der Waals surface area contributed by atoms with Gasteiger partial charge < -0.3 is 10.1 Å². The van der Waals surface area contributed by atoms with Gasteiger partial charge in [0.1, 0.15) is 11.6 Å². The maximum atomic E-state index is 13.6. The van der Waals surface area contributed by atoms with E-state index in [1.54, 1.807) is 12.1 Å². The molecular formula is C22H26FNO2. The van der Waals surface area contributed by atoms with Gasteiger partial charge in [-0.2, -0.15) is 0 Å². The molecule has 0 saturated heterocycles. The SMILES string of the molecule is CCCC(=O)NC[C@@H]1C[C@H]1c1cccc(OCCc2ccccc2F)c1. The van der Waals surface area contributed by atoms with Gasteiger partial charge in [-0.15, -0.1) is 0 Å². The van der Waals surface area contributed by atoms with Gasteiger partial charge in [-0.25, -0.2) is 4.39 Å². The van der Waals surface area contributed by atoms with Crippen LogP contribution in [0, 0.1) is 11.7 Å². The number of hydrogen-bond acceptors (Lipinski definition) is 2. The molecule has 0 unspecified atom stereocenters. The maximum Gasteiger partial charge on any atom is 0.219 e. The molecule has 2 atom stereocenters. The number of carbonyl (C=O) groups is 1. The van der Waals surface area contributed by atoms with E-state index in [0.29, 0.717) is 36.8 Å². The minimum Gasteiger partial charge on any atom is -0.493 e. The van der Waals surface area contributed by atoms with Crippen LogP contribution >= 0.6 is 0 Å². The molecule has 138 valence electrons. The van der Waals surface area contributed by atoms with E-state index in [-0.39, 0.29) is 11.7 Å². The molecule has 3 rings (SSSR count). The first kappa shape index (κ1) is 18.4. The molecule has 1 aliphatic rings. The number of ether oxygens (including phenoxy) is 1. The van der Waals surface area contributed by atoms with E-state index in [1.807, 2.05) is 25.1 Å². The van der Waals surface area contributed by atoms with Crippen molar-refractivity contribution in [2.45, 2.75) is 38.5 Å². The molecular weight excluding hydrogens is 329 g/mol. The predicted molar refractivity (Wildman–Crippen MR) is 101 cm³/mol. The van der Waals surface area contributed by atoms with Crippen LogP contribution in [0.25, 0.3) is 0 Å². The van der Waals surface area contributed by atoms with Gasteiger partial charge in [0, 0.05) is 19.4 Å². The Balaban J connectivity index is 1.47. The third-order valence-electron chi connectivity index (χ3n) is 4.85. The van der Waals surface area contributed by atoms with Crippen LogP contribution in [0.15, 0.2) is 48.5 Å². The van der Waals surface area contributed by atoms with Crippen molar-refractivity contribution in [3.05, 3.63) is 65.5 Å². The Morgan fingerprint density at radius 3 is 2.88 bits per heavy atom. The van der Waals surface area contributed by atoms with E-state index < -0.39 is 0 Å². The Hall–Kier alpha value is -2.36. The zero-order valence-electron chi connectivity index (χ0n) is 15.2. The van der Waals surface area contributed by atoms with Crippen molar-refractivity contribution in [1.82, 2.24) is 5.32 Å². The Morgan fingerprint density at radius 2 is 2.08 bits per heavy atom. The molecule has 0 heterocycles. The highest BCUT2D eigenvalue weighted by atomic mass is 19.1. The summed E-state index contributed by atoms with van der Waals surface area (Å²) in [6.07, 6.45) is 3.13. The third-order valence-corrected chi connectivity index (χ3v) is 4.85. The summed E-state index contributed by atoms with van der Waals surface area (Å²) in [7, 11) is 0. The summed E-state index contributed by atoms with van der Waals surface area (Å²) in [6.45, 7) is 3.21. The van der Waals surface area contributed by atoms with Crippen molar-refractivity contribution in [2.24, 2.45) is 5.92 Å². The largest absolute Gasteiger partial charge is 0.493 e. The number of carbonyl (C=O) groups excluding carboxylic acids is 1. The Bertz CT molecular complexity index is 746. The second-order valence-corrected chi connectivity index (χ2v) is 6.92. The fourth-order valence-electron chi connectivity index (χ4n) is 3.26. The normalized spacial score (nSPS) is 18.4. The maximum absolute atomic E-state index is 13.6. The number of amides is 1. The Labute approximate surface area is 154 Å². The Morgan fingerprint density at radius 1 is 1.23 bits per heavy atom. The third kappa shape index (κ3) is 5.07. The summed E-state index contributed by atoms with van der Waals surface area (Å²) in [5, 5.41) is 3.01. The standard InChI is InChI=1S/C22H26FNO2/c1-2-6-22(25)24-15-18-14-20(18)17-8-5-9-19(13-17)26-12-11-16-7-3-4-10-21(16)23/h3-5,7-10,13,18,20H,2,6,11-12,14-15H2,1H3,(H,24,25)/t18-,20-/m0/s1. The molecule has 0 aromatic heterocycles. The van der Waals surface area contributed by atoms with E-state index >= 15 is 0 Å². The summed E-state index contributed by atoms with van der Waals surface area (Å²) >= 11 is 0. The van der Waals surface area contributed by atoms with Gasteiger partial charge in [0.15, 0.2) is 0 Å². The molecule has 26 heavy (non-hydrogen) atoms. The lowest BCUT2D eigenvalue weighted by molar-refractivity contribution is -0.121. The zero-order chi connectivity index (χ0) is 18.4. The van der Waals surface area contributed by atoms with Crippen molar-refractivity contribution in [3.8, 4) is 5.75 Å². The number of halogens is 1. The molecule has 0 radical (unpaired) electrons.